The summed E-state index contributed by atoms with van der Waals surface area (Å²) in [6.45, 7) is 1.86. The molecule has 1 aromatic heterocycles. The van der Waals surface area contributed by atoms with Gasteiger partial charge in [0.2, 0.25) is 5.82 Å². The first-order chi connectivity index (χ1) is 16.2. The molecule has 3 N–H and O–H groups in total. The van der Waals surface area contributed by atoms with Crippen molar-refractivity contribution < 1.29 is 22.6 Å². The minimum atomic E-state index is -1.35. The number of methoxy groups -OCH3 is 1. The lowest BCUT2D eigenvalue weighted by molar-refractivity contribution is 0.101. The quantitative estimate of drug-likeness (QED) is 0.437. The monoisotopic (exact) mass is 494 g/mol. The number of halogens is 4. The van der Waals surface area contributed by atoms with Crippen molar-refractivity contribution in [3.63, 3.8) is 0 Å². The van der Waals surface area contributed by atoms with E-state index in [9.17, 15) is 13.6 Å². The Morgan fingerprint density at radius 2 is 1.91 bits per heavy atom. The number of benzene rings is 2. The zero-order valence-electron chi connectivity index (χ0n) is 18.9. The van der Waals surface area contributed by atoms with E-state index in [1.807, 2.05) is 6.92 Å². The van der Waals surface area contributed by atoms with Gasteiger partial charge in [0.15, 0.2) is 17.4 Å². The van der Waals surface area contributed by atoms with E-state index in [-0.39, 0.29) is 17.2 Å². The first-order valence-electron chi connectivity index (χ1n) is 11.2. The zero-order chi connectivity index (χ0) is 24.6. The molecule has 0 bridgehead atoms. The molecule has 2 aromatic carbocycles. The molecule has 182 valence electrons. The van der Waals surface area contributed by atoms with Crippen LogP contribution in [0.5, 0.6) is 11.5 Å². The average molecular weight is 495 g/mol. The van der Waals surface area contributed by atoms with Crippen LogP contribution in [0.3, 0.4) is 0 Å². The summed E-state index contributed by atoms with van der Waals surface area (Å²) in [5, 5.41) is 1.44. The Morgan fingerprint density at radius 3 is 2.56 bits per heavy atom. The SMILES string of the molecule is CCC(N)C1(c2cc(F)c(OC)c(F)c2F)CCC(Oc2cc3cc[nH]c(=O)c3cc2Cl)CC1. The van der Waals surface area contributed by atoms with E-state index in [1.54, 1.807) is 24.4 Å². The van der Waals surface area contributed by atoms with Gasteiger partial charge in [-0.2, -0.15) is 4.39 Å². The zero-order valence-corrected chi connectivity index (χ0v) is 19.6. The topological polar surface area (TPSA) is 77.3 Å². The van der Waals surface area contributed by atoms with Gasteiger partial charge in [-0.15, -0.1) is 0 Å². The molecule has 1 aliphatic carbocycles. The van der Waals surface area contributed by atoms with Crippen molar-refractivity contribution >= 4 is 22.4 Å². The van der Waals surface area contributed by atoms with Crippen LogP contribution >= 0.6 is 11.6 Å². The summed E-state index contributed by atoms with van der Waals surface area (Å²) in [6, 6.07) is 5.52. The molecule has 1 aliphatic rings. The molecular formula is C25H26ClF3N2O3. The highest BCUT2D eigenvalue weighted by Crippen LogP contribution is 2.46. The first kappa shape index (κ1) is 24.4. The third-order valence-electron chi connectivity index (χ3n) is 6.95. The van der Waals surface area contributed by atoms with E-state index in [2.05, 4.69) is 9.72 Å². The number of rotatable bonds is 6. The highest BCUT2D eigenvalue weighted by Gasteiger charge is 2.45. The number of pyridine rings is 1. The number of fused-ring (bicyclic) bond motifs is 1. The van der Waals surface area contributed by atoms with Crippen LogP contribution in [0.1, 0.15) is 44.6 Å². The highest BCUT2D eigenvalue weighted by atomic mass is 35.5. The van der Waals surface area contributed by atoms with Gasteiger partial charge in [0.05, 0.1) is 18.2 Å². The first-order valence-corrected chi connectivity index (χ1v) is 11.5. The second-order valence-electron chi connectivity index (χ2n) is 8.73. The van der Waals surface area contributed by atoms with Crippen LogP contribution in [0.15, 0.2) is 35.3 Å². The van der Waals surface area contributed by atoms with E-state index in [0.29, 0.717) is 53.6 Å². The fourth-order valence-electron chi connectivity index (χ4n) is 5.04. The van der Waals surface area contributed by atoms with Crippen LogP contribution in [-0.4, -0.2) is 24.2 Å². The summed E-state index contributed by atoms with van der Waals surface area (Å²) in [7, 11) is 1.09. The highest BCUT2D eigenvalue weighted by molar-refractivity contribution is 6.32. The maximum Gasteiger partial charge on any atom is 0.255 e. The molecule has 0 amide bonds. The molecule has 1 atom stereocenters. The molecule has 34 heavy (non-hydrogen) atoms. The Hall–Kier alpha value is -2.71. The summed E-state index contributed by atoms with van der Waals surface area (Å²) in [5.41, 5.74) is 5.15. The standard InChI is InChI=1S/C25H26ClF3N2O3/c1-3-20(30)25(16-12-18(27)23(33-2)22(29)21(16)28)7-4-14(5-8-25)34-19-10-13-6-9-31-24(32)15(13)11-17(19)26/h6,9-12,14,20H,3-5,7-8,30H2,1-2H3,(H,31,32). The molecule has 1 unspecified atom stereocenters. The molecule has 0 radical (unpaired) electrons. The number of ether oxygens (including phenoxy) is 2. The van der Waals surface area contributed by atoms with Crippen molar-refractivity contribution in [2.45, 2.75) is 56.6 Å². The number of nitrogens with one attached hydrogen (secondary N) is 1. The van der Waals surface area contributed by atoms with E-state index in [1.165, 1.54) is 0 Å². The van der Waals surface area contributed by atoms with E-state index >= 15 is 4.39 Å². The molecule has 3 aromatic rings. The molecule has 1 fully saturated rings. The van der Waals surface area contributed by atoms with Crippen molar-refractivity contribution in [1.82, 2.24) is 4.98 Å². The van der Waals surface area contributed by atoms with Gasteiger partial charge in [0.25, 0.3) is 5.56 Å². The third kappa shape index (κ3) is 4.14. The normalized spacial score (nSPS) is 21.4. The molecule has 0 spiro atoms. The molecule has 0 saturated heterocycles. The number of H-pyrrole nitrogens is 1. The van der Waals surface area contributed by atoms with E-state index in [0.717, 1.165) is 13.2 Å². The third-order valence-corrected chi connectivity index (χ3v) is 7.25. The fraction of sp³-hybridized carbons (Fsp3) is 0.400. The fourth-order valence-corrected chi connectivity index (χ4v) is 5.25. The molecule has 1 heterocycles. The van der Waals surface area contributed by atoms with Crippen LogP contribution in [0.25, 0.3) is 10.8 Å². The number of aromatic nitrogens is 1. The van der Waals surface area contributed by atoms with Crippen LogP contribution in [0.4, 0.5) is 13.2 Å². The Labute approximate surface area is 200 Å². The number of aromatic amines is 1. The van der Waals surface area contributed by atoms with Gasteiger partial charge in [0.1, 0.15) is 5.75 Å². The van der Waals surface area contributed by atoms with E-state index < -0.39 is 34.7 Å². The van der Waals surface area contributed by atoms with Gasteiger partial charge < -0.3 is 20.2 Å². The van der Waals surface area contributed by atoms with Gasteiger partial charge in [0, 0.05) is 28.6 Å². The Kier molecular flexibility index (Phi) is 6.82. The van der Waals surface area contributed by atoms with Crippen LogP contribution < -0.4 is 20.8 Å². The molecule has 0 aliphatic heterocycles. The van der Waals surface area contributed by atoms with Crippen LogP contribution in [0.2, 0.25) is 5.02 Å². The molecule has 5 nitrogen and oxygen atoms in total. The lowest BCUT2D eigenvalue weighted by atomic mass is 9.63. The Morgan fingerprint density at radius 1 is 1.21 bits per heavy atom. The van der Waals surface area contributed by atoms with Crippen molar-refractivity contribution in [1.29, 1.82) is 0 Å². The second kappa shape index (κ2) is 9.50. The summed E-state index contributed by atoms with van der Waals surface area (Å²) < 4.78 is 54.9. The number of nitrogens with two attached hydrogens (primary N) is 1. The summed E-state index contributed by atoms with van der Waals surface area (Å²) >= 11 is 6.36. The van der Waals surface area contributed by atoms with Crippen LogP contribution in [0, 0.1) is 17.5 Å². The Bertz CT molecular complexity index is 1270. The van der Waals surface area contributed by atoms with Gasteiger partial charge in [-0.3, -0.25) is 4.79 Å². The number of hydrogen-bond donors (Lipinski definition) is 2. The molecule has 1 saturated carbocycles. The maximum atomic E-state index is 15.1. The predicted molar refractivity (Wildman–Crippen MR) is 125 cm³/mol. The number of hydrogen-bond acceptors (Lipinski definition) is 4. The largest absolute Gasteiger partial charge is 0.491 e. The van der Waals surface area contributed by atoms with Crippen molar-refractivity contribution in [3.05, 3.63) is 68.9 Å². The maximum absolute atomic E-state index is 15.1. The van der Waals surface area contributed by atoms with Crippen molar-refractivity contribution in [2.75, 3.05) is 7.11 Å². The lowest BCUT2D eigenvalue weighted by Crippen LogP contribution is -2.49. The minimum Gasteiger partial charge on any atom is -0.491 e. The summed E-state index contributed by atoms with van der Waals surface area (Å²) in [6.07, 6.45) is 3.50. The lowest BCUT2D eigenvalue weighted by Gasteiger charge is -2.44. The molecule has 4 rings (SSSR count). The summed E-state index contributed by atoms with van der Waals surface area (Å²) in [4.78, 5) is 14.6. The molecular weight excluding hydrogens is 469 g/mol. The molecule has 9 heteroatoms. The van der Waals surface area contributed by atoms with Gasteiger partial charge >= 0.3 is 0 Å². The predicted octanol–water partition coefficient (Wildman–Crippen LogP) is 5.60. The average Bonchev–Trinajstić information content (AvgIpc) is 2.83. The van der Waals surface area contributed by atoms with Crippen molar-refractivity contribution in [3.8, 4) is 11.5 Å². The van der Waals surface area contributed by atoms with Crippen LogP contribution in [-0.2, 0) is 5.41 Å². The second-order valence-corrected chi connectivity index (χ2v) is 9.14. The summed E-state index contributed by atoms with van der Waals surface area (Å²) in [5.74, 6) is -3.76. The van der Waals surface area contributed by atoms with Gasteiger partial charge in [-0.05, 0) is 61.8 Å². The van der Waals surface area contributed by atoms with Gasteiger partial charge in [-0.25, -0.2) is 8.78 Å². The van der Waals surface area contributed by atoms with E-state index in [4.69, 9.17) is 22.1 Å². The smallest absolute Gasteiger partial charge is 0.255 e. The Balaban J connectivity index is 1.62. The van der Waals surface area contributed by atoms with Gasteiger partial charge in [-0.1, -0.05) is 18.5 Å². The minimum absolute atomic E-state index is 0.0703. The van der Waals surface area contributed by atoms with Crippen molar-refractivity contribution in [2.24, 2.45) is 5.73 Å².